The van der Waals surface area contributed by atoms with Gasteiger partial charge in [0.05, 0.1) is 12.2 Å². The van der Waals surface area contributed by atoms with Gasteiger partial charge >= 0.3 is 5.97 Å². The van der Waals surface area contributed by atoms with Crippen molar-refractivity contribution in [3.63, 3.8) is 0 Å². The second kappa shape index (κ2) is 14.7. The SMILES string of the molecule is CCC[C@@H](C)C(F)(F)C(O)CC[C@@H]1[C@@H](CCCCCCC(=O)O)[C@@H](O)C[C@H]1OC1CCCCO1. The molecule has 0 aromatic heterocycles. The van der Waals surface area contributed by atoms with Gasteiger partial charge in [-0.2, -0.15) is 0 Å². The molecule has 200 valence electrons. The zero-order valence-electron chi connectivity index (χ0n) is 21.0. The summed E-state index contributed by atoms with van der Waals surface area (Å²) in [6, 6.07) is 0. The van der Waals surface area contributed by atoms with Crippen LogP contribution in [-0.2, 0) is 14.3 Å². The normalized spacial score (nSPS) is 29.8. The number of carboxylic acids is 1. The Balaban J connectivity index is 1.97. The van der Waals surface area contributed by atoms with Crippen molar-refractivity contribution < 1.29 is 38.4 Å². The predicted molar refractivity (Wildman–Crippen MR) is 126 cm³/mol. The Morgan fingerprint density at radius 1 is 1.12 bits per heavy atom. The summed E-state index contributed by atoms with van der Waals surface area (Å²) < 4.78 is 41.3. The first kappa shape index (κ1) is 29.4. The monoisotopic (exact) mass is 492 g/mol. The largest absolute Gasteiger partial charge is 0.481 e. The molecule has 2 unspecified atom stereocenters. The molecule has 1 saturated heterocycles. The van der Waals surface area contributed by atoms with Gasteiger partial charge in [0.2, 0.25) is 0 Å². The van der Waals surface area contributed by atoms with Gasteiger partial charge in [-0.1, -0.05) is 39.5 Å². The predicted octanol–water partition coefficient (Wildman–Crippen LogP) is 5.53. The van der Waals surface area contributed by atoms with E-state index in [1.165, 1.54) is 6.92 Å². The van der Waals surface area contributed by atoms with Crippen LogP contribution in [0.1, 0.15) is 104 Å². The van der Waals surface area contributed by atoms with Crippen LogP contribution in [0.4, 0.5) is 8.78 Å². The number of alkyl halides is 2. The summed E-state index contributed by atoms with van der Waals surface area (Å²) in [7, 11) is 0. The van der Waals surface area contributed by atoms with Crippen molar-refractivity contribution >= 4 is 5.97 Å². The second-order valence-electron chi connectivity index (χ2n) is 10.4. The topological polar surface area (TPSA) is 96.2 Å². The minimum Gasteiger partial charge on any atom is -0.481 e. The molecule has 6 nitrogen and oxygen atoms in total. The first-order valence-corrected chi connectivity index (χ1v) is 13.4. The molecule has 7 atom stereocenters. The van der Waals surface area contributed by atoms with Gasteiger partial charge in [0.25, 0.3) is 5.92 Å². The molecule has 34 heavy (non-hydrogen) atoms. The Hall–Kier alpha value is -0.830. The maximum Gasteiger partial charge on any atom is 0.303 e. The number of unbranched alkanes of at least 4 members (excludes halogenated alkanes) is 3. The van der Waals surface area contributed by atoms with E-state index in [1.54, 1.807) is 0 Å². The lowest BCUT2D eigenvalue weighted by molar-refractivity contribution is -0.198. The highest BCUT2D eigenvalue weighted by Crippen LogP contribution is 2.43. The highest BCUT2D eigenvalue weighted by molar-refractivity contribution is 5.66. The van der Waals surface area contributed by atoms with Gasteiger partial charge in [0, 0.05) is 25.4 Å². The van der Waals surface area contributed by atoms with Crippen LogP contribution in [-0.4, -0.2) is 58.4 Å². The third kappa shape index (κ3) is 8.99. The fraction of sp³-hybridized carbons (Fsp3) is 0.962. The van der Waals surface area contributed by atoms with Crippen LogP contribution in [0.3, 0.4) is 0 Å². The molecule has 0 spiro atoms. The first-order chi connectivity index (χ1) is 16.2. The van der Waals surface area contributed by atoms with Crippen molar-refractivity contribution in [2.45, 2.75) is 134 Å². The fourth-order valence-corrected chi connectivity index (χ4v) is 5.63. The Kier molecular flexibility index (Phi) is 12.7. The van der Waals surface area contributed by atoms with Crippen LogP contribution < -0.4 is 0 Å². The molecule has 0 aromatic rings. The number of carboxylic acid groups (broad SMARTS) is 1. The molecule has 2 fully saturated rings. The Labute approximate surface area is 203 Å². The maximum atomic E-state index is 14.7. The molecule has 0 bridgehead atoms. The number of ether oxygens (including phenoxy) is 2. The fourth-order valence-electron chi connectivity index (χ4n) is 5.63. The van der Waals surface area contributed by atoms with Gasteiger partial charge in [0.15, 0.2) is 6.29 Å². The minimum atomic E-state index is -3.14. The number of aliphatic carboxylic acids is 1. The molecule has 8 heteroatoms. The van der Waals surface area contributed by atoms with Gasteiger partial charge in [-0.15, -0.1) is 0 Å². The average molecular weight is 493 g/mol. The Morgan fingerprint density at radius 2 is 1.85 bits per heavy atom. The lowest BCUT2D eigenvalue weighted by atomic mass is 9.83. The molecule has 1 heterocycles. The van der Waals surface area contributed by atoms with E-state index in [4.69, 9.17) is 14.6 Å². The maximum absolute atomic E-state index is 14.7. The molecule has 3 N–H and O–H groups in total. The number of rotatable bonds is 16. The van der Waals surface area contributed by atoms with E-state index >= 15 is 0 Å². The zero-order valence-corrected chi connectivity index (χ0v) is 21.0. The van der Waals surface area contributed by atoms with Crippen molar-refractivity contribution in [2.75, 3.05) is 6.61 Å². The van der Waals surface area contributed by atoms with Crippen molar-refractivity contribution in [2.24, 2.45) is 17.8 Å². The molecule has 1 aliphatic carbocycles. The third-order valence-electron chi connectivity index (χ3n) is 7.73. The molecule has 2 rings (SSSR count). The number of hydrogen-bond donors (Lipinski definition) is 3. The summed E-state index contributed by atoms with van der Waals surface area (Å²) in [5.74, 6) is -5.02. The number of halogens is 2. The van der Waals surface area contributed by atoms with E-state index in [2.05, 4.69) is 0 Å². The summed E-state index contributed by atoms with van der Waals surface area (Å²) in [6.07, 6.45) is 5.79. The Bertz CT molecular complexity index is 584. The van der Waals surface area contributed by atoms with Gasteiger partial charge in [-0.05, 0) is 63.2 Å². The highest BCUT2D eigenvalue weighted by Gasteiger charge is 2.47. The van der Waals surface area contributed by atoms with E-state index in [1.807, 2.05) is 6.92 Å². The summed E-state index contributed by atoms with van der Waals surface area (Å²) in [5.41, 5.74) is 0. The third-order valence-corrected chi connectivity index (χ3v) is 7.73. The summed E-state index contributed by atoms with van der Waals surface area (Å²) >= 11 is 0. The molecule has 1 aliphatic heterocycles. The lowest BCUT2D eigenvalue weighted by Gasteiger charge is -2.33. The number of aliphatic hydroxyl groups is 2. The van der Waals surface area contributed by atoms with Crippen molar-refractivity contribution in [3.05, 3.63) is 0 Å². The highest BCUT2D eigenvalue weighted by atomic mass is 19.3. The molecule has 0 amide bonds. The van der Waals surface area contributed by atoms with E-state index in [0.717, 1.165) is 44.9 Å². The average Bonchev–Trinajstić information content (AvgIpc) is 3.08. The minimum absolute atomic E-state index is 0.0288. The smallest absolute Gasteiger partial charge is 0.303 e. The van der Waals surface area contributed by atoms with Crippen molar-refractivity contribution in [1.29, 1.82) is 0 Å². The van der Waals surface area contributed by atoms with E-state index in [9.17, 15) is 23.8 Å². The summed E-state index contributed by atoms with van der Waals surface area (Å²) in [4.78, 5) is 10.7. The van der Waals surface area contributed by atoms with Gasteiger partial charge in [-0.25, -0.2) is 8.78 Å². The van der Waals surface area contributed by atoms with Crippen LogP contribution in [0.5, 0.6) is 0 Å². The molecule has 0 radical (unpaired) electrons. The second-order valence-corrected chi connectivity index (χ2v) is 10.4. The standard InChI is InChI=1S/C26H46F2O6/c1-3-10-18(2)26(27,28)23(30)15-14-20-19(11-6-4-5-7-12-24(31)32)21(29)17-22(20)34-25-13-8-9-16-33-25/h18-23,25,29-30H,3-17H2,1-2H3,(H,31,32)/t18-,19-,20-,21+,22-,23?,25?/m1/s1. The van der Waals surface area contributed by atoms with Crippen molar-refractivity contribution in [3.8, 4) is 0 Å². The first-order valence-electron chi connectivity index (χ1n) is 13.4. The number of aliphatic hydroxyl groups excluding tert-OH is 2. The lowest BCUT2D eigenvalue weighted by Crippen LogP contribution is -2.40. The number of hydrogen-bond acceptors (Lipinski definition) is 5. The van der Waals surface area contributed by atoms with Crippen molar-refractivity contribution in [1.82, 2.24) is 0 Å². The summed E-state index contributed by atoms with van der Waals surface area (Å²) in [5, 5.41) is 30.0. The summed E-state index contributed by atoms with van der Waals surface area (Å²) in [6.45, 7) is 4.00. The van der Waals surface area contributed by atoms with Crippen LogP contribution in [0.15, 0.2) is 0 Å². The van der Waals surface area contributed by atoms with E-state index in [-0.39, 0.29) is 37.1 Å². The molecular formula is C26H46F2O6. The van der Waals surface area contributed by atoms with Crippen LogP contribution in [0.25, 0.3) is 0 Å². The van der Waals surface area contributed by atoms with Crippen LogP contribution in [0, 0.1) is 17.8 Å². The molecular weight excluding hydrogens is 446 g/mol. The van der Waals surface area contributed by atoms with Crippen LogP contribution in [0.2, 0.25) is 0 Å². The van der Waals surface area contributed by atoms with E-state index in [0.29, 0.717) is 38.7 Å². The molecule has 2 aliphatic rings. The quantitative estimate of drug-likeness (QED) is 0.245. The Morgan fingerprint density at radius 3 is 2.50 bits per heavy atom. The molecule has 0 aromatic carbocycles. The number of carbonyl (C=O) groups is 1. The van der Waals surface area contributed by atoms with E-state index < -0.39 is 30.0 Å². The molecule has 1 saturated carbocycles. The van der Waals surface area contributed by atoms with Gasteiger partial charge in [0.1, 0.15) is 6.10 Å². The van der Waals surface area contributed by atoms with Gasteiger partial charge in [-0.3, -0.25) is 4.79 Å². The van der Waals surface area contributed by atoms with Gasteiger partial charge < -0.3 is 24.8 Å². The zero-order chi connectivity index (χ0) is 25.1. The van der Waals surface area contributed by atoms with Crippen LogP contribution >= 0.6 is 0 Å².